The van der Waals surface area contributed by atoms with Gasteiger partial charge in [0.2, 0.25) is 0 Å². The first kappa shape index (κ1) is 17.6. The molecule has 1 heterocycles. The topological polar surface area (TPSA) is 104 Å². The molecule has 1 aromatic heterocycles. The molecule has 1 N–H and O–H groups in total. The van der Waals surface area contributed by atoms with Crippen molar-refractivity contribution in [3.8, 4) is 11.5 Å². The summed E-state index contributed by atoms with van der Waals surface area (Å²) in [5.41, 5.74) is 0.482. The molecule has 26 heavy (non-hydrogen) atoms. The number of nitro benzene ring substituents is 1. The Balaban J connectivity index is 1.68. The third-order valence-corrected chi connectivity index (χ3v) is 4.28. The number of rotatable bonds is 7. The highest BCUT2D eigenvalue weighted by Crippen LogP contribution is 2.32. The monoisotopic (exact) mass is 373 g/mol. The van der Waals surface area contributed by atoms with Gasteiger partial charge in [-0.3, -0.25) is 20.2 Å². The van der Waals surface area contributed by atoms with Crippen LogP contribution >= 0.6 is 11.3 Å². The number of benzene rings is 2. The highest BCUT2D eigenvalue weighted by Gasteiger charge is 2.16. The summed E-state index contributed by atoms with van der Waals surface area (Å²) in [6.07, 6.45) is 0. The number of carbonyl (C=O) groups excluding carboxylic acids is 1. The van der Waals surface area contributed by atoms with E-state index in [0.29, 0.717) is 23.0 Å². The molecule has 8 nitrogen and oxygen atoms in total. The Hall–Kier alpha value is -3.20. The van der Waals surface area contributed by atoms with Crippen molar-refractivity contribution in [2.24, 2.45) is 0 Å². The lowest BCUT2D eigenvalue weighted by atomic mass is 10.3. The maximum atomic E-state index is 12.1. The number of ether oxygens (including phenoxy) is 2. The van der Waals surface area contributed by atoms with E-state index in [-0.39, 0.29) is 18.0 Å². The summed E-state index contributed by atoms with van der Waals surface area (Å²) in [5, 5.41) is 14.0. The third-order valence-electron chi connectivity index (χ3n) is 3.35. The second kappa shape index (κ2) is 7.79. The molecule has 9 heteroatoms. The average molecular weight is 373 g/mol. The van der Waals surface area contributed by atoms with Crippen LogP contribution in [0.15, 0.2) is 42.5 Å². The molecule has 0 aliphatic rings. The van der Waals surface area contributed by atoms with Crippen molar-refractivity contribution in [2.45, 2.75) is 6.92 Å². The summed E-state index contributed by atoms with van der Waals surface area (Å²) in [6, 6.07) is 11.4. The minimum atomic E-state index is -0.559. The maximum Gasteiger partial charge on any atom is 0.310 e. The first-order valence-corrected chi connectivity index (χ1v) is 8.58. The highest BCUT2D eigenvalue weighted by molar-refractivity contribution is 7.22. The fraction of sp³-hybridized carbons (Fsp3) is 0.176. The van der Waals surface area contributed by atoms with Gasteiger partial charge in [-0.15, -0.1) is 0 Å². The fourth-order valence-corrected chi connectivity index (χ4v) is 3.18. The van der Waals surface area contributed by atoms with E-state index < -0.39 is 10.8 Å². The Morgan fingerprint density at radius 3 is 2.73 bits per heavy atom. The number of aromatic nitrogens is 1. The maximum absolute atomic E-state index is 12.1. The number of nitrogens with zero attached hydrogens (tertiary/aromatic N) is 2. The second-order valence-corrected chi connectivity index (χ2v) is 6.15. The fourth-order valence-electron chi connectivity index (χ4n) is 2.28. The predicted octanol–water partition coefficient (Wildman–Crippen LogP) is 3.62. The first-order chi connectivity index (χ1) is 12.6. The minimum Gasteiger partial charge on any atom is -0.492 e. The van der Waals surface area contributed by atoms with Gasteiger partial charge in [0.15, 0.2) is 17.5 Å². The summed E-state index contributed by atoms with van der Waals surface area (Å²) in [5.74, 6) is 0.230. The summed E-state index contributed by atoms with van der Waals surface area (Å²) in [7, 11) is 0. The number of anilines is 1. The molecule has 0 aliphatic heterocycles. The smallest absolute Gasteiger partial charge is 0.310 e. The summed E-state index contributed by atoms with van der Waals surface area (Å²) >= 11 is 1.31. The zero-order valence-corrected chi connectivity index (χ0v) is 14.6. The van der Waals surface area contributed by atoms with Crippen molar-refractivity contribution in [3.63, 3.8) is 0 Å². The van der Waals surface area contributed by atoms with Gasteiger partial charge < -0.3 is 9.47 Å². The van der Waals surface area contributed by atoms with Crippen LogP contribution in [-0.4, -0.2) is 29.0 Å². The number of thiazole rings is 1. The summed E-state index contributed by atoms with van der Waals surface area (Å²) in [6.45, 7) is 2.04. The van der Waals surface area contributed by atoms with Gasteiger partial charge in [-0.2, -0.15) is 0 Å². The number of hydrogen-bond acceptors (Lipinski definition) is 7. The summed E-state index contributed by atoms with van der Waals surface area (Å²) < 4.78 is 11.7. The van der Waals surface area contributed by atoms with Crippen molar-refractivity contribution in [3.05, 3.63) is 52.6 Å². The van der Waals surface area contributed by atoms with Crippen LogP contribution in [0.5, 0.6) is 11.5 Å². The number of hydrogen-bond donors (Lipinski definition) is 1. The molecule has 0 saturated carbocycles. The van der Waals surface area contributed by atoms with Crippen molar-refractivity contribution < 1.29 is 19.2 Å². The van der Waals surface area contributed by atoms with E-state index in [9.17, 15) is 14.9 Å². The van der Waals surface area contributed by atoms with Gasteiger partial charge in [-0.25, -0.2) is 4.98 Å². The highest BCUT2D eigenvalue weighted by atomic mass is 32.1. The van der Waals surface area contributed by atoms with Crippen molar-refractivity contribution in [1.29, 1.82) is 0 Å². The molecule has 0 spiro atoms. The van der Waals surface area contributed by atoms with E-state index in [1.165, 1.54) is 29.5 Å². The summed E-state index contributed by atoms with van der Waals surface area (Å²) in [4.78, 5) is 26.8. The molecule has 0 radical (unpaired) electrons. The van der Waals surface area contributed by atoms with Gasteiger partial charge >= 0.3 is 5.69 Å². The Bertz CT molecular complexity index is 956. The molecule has 3 rings (SSSR count). The average Bonchev–Trinajstić information content (AvgIpc) is 3.04. The third kappa shape index (κ3) is 3.89. The lowest BCUT2D eigenvalue weighted by molar-refractivity contribution is -0.385. The number of nitro groups is 1. The Kier molecular flexibility index (Phi) is 5.28. The molecule has 0 atom stereocenters. The molecule has 0 fully saturated rings. The Labute approximate surface area is 152 Å². The quantitative estimate of drug-likeness (QED) is 0.501. The second-order valence-electron chi connectivity index (χ2n) is 5.12. The van der Waals surface area contributed by atoms with Crippen LogP contribution in [0.25, 0.3) is 10.2 Å². The molecule has 3 aromatic rings. The van der Waals surface area contributed by atoms with Crippen molar-refractivity contribution >= 4 is 38.3 Å². The lowest BCUT2D eigenvalue weighted by Gasteiger charge is -2.06. The molecule has 2 aromatic carbocycles. The van der Waals surface area contributed by atoms with Gasteiger partial charge in [-0.1, -0.05) is 29.5 Å². The van der Waals surface area contributed by atoms with Gasteiger partial charge in [0.05, 0.1) is 16.2 Å². The first-order valence-electron chi connectivity index (χ1n) is 7.77. The van der Waals surface area contributed by atoms with E-state index >= 15 is 0 Å². The molecule has 134 valence electrons. The van der Waals surface area contributed by atoms with Crippen LogP contribution in [0.1, 0.15) is 6.92 Å². The molecular weight excluding hydrogens is 358 g/mol. The van der Waals surface area contributed by atoms with Gasteiger partial charge in [-0.05, 0) is 25.1 Å². The number of carbonyl (C=O) groups is 1. The van der Waals surface area contributed by atoms with Crippen LogP contribution in [0.3, 0.4) is 0 Å². The molecular formula is C17H15N3O5S. The number of nitrogens with one attached hydrogen (secondary N) is 1. The zero-order chi connectivity index (χ0) is 18.5. The Morgan fingerprint density at radius 2 is 1.96 bits per heavy atom. The van der Waals surface area contributed by atoms with E-state index in [1.54, 1.807) is 6.07 Å². The SMILES string of the molecule is CCOc1cccc2sc(NC(=O)COc3ccccc3[N+](=O)[O-])nc12. The van der Waals surface area contributed by atoms with Crippen LogP contribution in [0, 0.1) is 10.1 Å². The molecule has 0 aliphatic carbocycles. The predicted molar refractivity (Wildman–Crippen MR) is 98.0 cm³/mol. The zero-order valence-electron chi connectivity index (χ0n) is 13.8. The number of amides is 1. The molecule has 1 amide bonds. The Morgan fingerprint density at radius 1 is 1.19 bits per heavy atom. The largest absolute Gasteiger partial charge is 0.492 e. The van der Waals surface area contributed by atoms with Crippen LogP contribution in [0.2, 0.25) is 0 Å². The molecule has 0 saturated heterocycles. The normalized spacial score (nSPS) is 10.5. The van der Waals surface area contributed by atoms with Crippen molar-refractivity contribution in [2.75, 3.05) is 18.5 Å². The van der Waals surface area contributed by atoms with Gasteiger partial charge in [0.1, 0.15) is 11.3 Å². The lowest BCUT2D eigenvalue weighted by Crippen LogP contribution is -2.20. The van der Waals surface area contributed by atoms with Gasteiger partial charge in [0, 0.05) is 6.07 Å². The standard InChI is InChI=1S/C17H15N3O5S/c1-2-24-13-8-5-9-14-16(13)19-17(26-14)18-15(21)10-25-12-7-4-3-6-11(12)20(22)23/h3-9H,2,10H2,1H3,(H,18,19,21). The van der Waals surface area contributed by atoms with Crippen LogP contribution in [0.4, 0.5) is 10.8 Å². The van der Waals surface area contributed by atoms with E-state index in [1.807, 2.05) is 25.1 Å². The number of para-hydroxylation sites is 3. The van der Waals surface area contributed by atoms with E-state index in [2.05, 4.69) is 10.3 Å². The number of fused-ring (bicyclic) bond motifs is 1. The van der Waals surface area contributed by atoms with E-state index in [0.717, 1.165) is 4.70 Å². The minimum absolute atomic E-state index is 0.0376. The van der Waals surface area contributed by atoms with Crippen LogP contribution < -0.4 is 14.8 Å². The van der Waals surface area contributed by atoms with E-state index in [4.69, 9.17) is 9.47 Å². The molecule has 0 bridgehead atoms. The molecule has 0 unspecified atom stereocenters. The van der Waals surface area contributed by atoms with Crippen LogP contribution in [-0.2, 0) is 4.79 Å². The van der Waals surface area contributed by atoms with Crippen molar-refractivity contribution in [1.82, 2.24) is 4.98 Å². The van der Waals surface area contributed by atoms with Gasteiger partial charge in [0.25, 0.3) is 5.91 Å².